The zero-order valence-corrected chi connectivity index (χ0v) is 12.3. The number of amides is 1. The summed E-state index contributed by atoms with van der Waals surface area (Å²) in [7, 11) is 1.59. The largest absolute Gasteiger partial charge is 0.448 e. The summed E-state index contributed by atoms with van der Waals surface area (Å²) in [6.07, 6.45) is 1.29. The third kappa shape index (κ3) is 1.64. The molecule has 1 aliphatic carbocycles. The number of methoxy groups -OCH3 is 1. The van der Waals surface area contributed by atoms with E-state index < -0.39 is 16.4 Å². The Morgan fingerprint density at radius 3 is 2.47 bits per heavy atom. The SMILES string of the molecule is COC[C@H](C)NC(=O)[C@@]12CC[C@](C)(C(=O)O1)C2(C)C. The van der Waals surface area contributed by atoms with Gasteiger partial charge in [0, 0.05) is 18.6 Å². The Bertz CT molecular complexity index is 420. The minimum absolute atomic E-state index is 0.103. The van der Waals surface area contributed by atoms with E-state index in [4.69, 9.17) is 9.47 Å². The van der Waals surface area contributed by atoms with Crippen molar-refractivity contribution in [1.29, 1.82) is 0 Å². The molecule has 2 aliphatic rings. The maximum Gasteiger partial charge on any atom is 0.313 e. The number of ether oxygens (including phenoxy) is 2. The van der Waals surface area contributed by atoms with Gasteiger partial charge in [-0.2, -0.15) is 0 Å². The van der Waals surface area contributed by atoms with Crippen LogP contribution in [-0.4, -0.2) is 37.2 Å². The third-order valence-electron chi connectivity index (χ3n) is 5.24. The summed E-state index contributed by atoms with van der Waals surface area (Å²) >= 11 is 0. The molecule has 0 aromatic heterocycles. The highest BCUT2D eigenvalue weighted by Crippen LogP contribution is 2.65. The fourth-order valence-electron chi connectivity index (χ4n) is 3.38. The van der Waals surface area contributed by atoms with Gasteiger partial charge in [0.25, 0.3) is 5.91 Å². The highest BCUT2D eigenvalue weighted by Gasteiger charge is 2.75. The summed E-state index contributed by atoms with van der Waals surface area (Å²) in [6.45, 7) is 8.11. The fourth-order valence-corrected chi connectivity index (χ4v) is 3.38. The van der Waals surface area contributed by atoms with Crippen LogP contribution in [0.15, 0.2) is 0 Å². The lowest BCUT2D eigenvalue weighted by Gasteiger charge is -2.36. The first-order chi connectivity index (χ1) is 8.71. The molecule has 1 saturated carbocycles. The minimum Gasteiger partial charge on any atom is -0.448 e. The normalized spacial score (nSPS) is 37.0. The van der Waals surface area contributed by atoms with Crippen molar-refractivity contribution in [2.75, 3.05) is 13.7 Å². The first-order valence-electron chi connectivity index (χ1n) is 6.74. The number of fused-ring (bicyclic) bond motifs is 2. The molecular weight excluding hydrogens is 246 g/mol. The van der Waals surface area contributed by atoms with E-state index in [2.05, 4.69) is 5.32 Å². The van der Waals surface area contributed by atoms with Gasteiger partial charge in [0.1, 0.15) is 0 Å². The molecule has 19 heavy (non-hydrogen) atoms. The van der Waals surface area contributed by atoms with Crippen LogP contribution in [-0.2, 0) is 19.1 Å². The van der Waals surface area contributed by atoms with E-state index in [9.17, 15) is 9.59 Å². The maximum atomic E-state index is 12.6. The van der Waals surface area contributed by atoms with Crippen molar-refractivity contribution in [3.8, 4) is 0 Å². The van der Waals surface area contributed by atoms with Crippen molar-refractivity contribution >= 4 is 11.9 Å². The van der Waals surface area contributed by atoms with Crippen molar-refractivity contribution in [3.05, 3.63) is 0 Å². The summed E-state index contributed by atoms with van der Waals surface area (Å²) in [4.78, 5) is 24.6. The number of rotatable bonds is 4. The Labute approximate surface area is 114 Å². The van der Waals surface area contributed by atoms with Crippen LogP contribution in [0.4, 0.5) is 0 Å². The van der Waals surface area contributed by atoms with Gasteiger partial charge in [-0.15, -0.1) is 0 Å². The monoisotopic (exact) mass is 269 g/mol. The molecule has 2 rings (SSSR count). The zero-order chi connectivity index (χ0) is 14.5. The summed E-state index contributed by atoms with van der Waals surface area (Å²) in [5.41, 5.74) is -2.08. The van der Waals surface area contributed by atoms with Crippen molar-refractivity contribution in [3.63, 3.8) is 0 Å². The quantitative estimate of drug-likeness (QED) is 0.780. The van der Waals surface area contributed by atoms with Crippen molar-refractivity contribution in [2.45, 2.75) is 52.2 Å². The van der Waals surface area contributed by atoms with Gasteiger partial charge in [0.2, 0.25) is 0 Å². The van der Waals surface area contributed by atoms with Crippen LogP contribution in [0.2, 0.25) is 0 Å². The Balaban J connectivity index is 2.24. The van der Waals surface area contributed by atoms with E-state index in [0.717, 1.165) is 0 Å². The molecule has 3 atom stereocenters. The molecule has 2 fully saturated rings. The number of nitrogens with one attached hydrogen (secondary N) is 1. The highest BCUT2D eigenvalue weighted by atomic mass is 16.6. The molecule has 5 nitrogen and oxygen atoms in total. The lowest BCUT2D eigenvalue weighted by Crippen LogP contribution is -2.55. The molecule has 0 radical (unpaired) electrons. The average Bonchev–Trinajstić information content (AvgIpc) is 2.59. The molecule has 1 heterocycles. The van der Waals surface area contributed by atoms with Gasteiger partial charge in [0.05, 0.1) is 12.0 Å². The molecule has 2 bridgehead atoms. The van der Waals surface area contributed by atoms with E-state index in [0.29, 0.717) is 19.4 Å². The van der Waals surface area contributed by atoms with Crippen LogP contribution in [0.25, 0.3) is 0 Å². The van der Waals surface area contributed by atoms with Crippen LogP contribution in [0.3, 0.4) is 0 Å². The summed E-state index contributed by atoms with van der Waals surface area (Å²) < 4.78 is 10.5. The third-order valence-corrected chi connectivity index (χ3v) is 5.24. The predicted octanol–water partition coefficient (Wildman–Crippen LogP) is 1.26. The lowest BCUT2D eigenvalue weighted by molar-refractivity contribution is -0.168. The van der Waals surface area contributed by atoms with Crippen LogP contribution in [0.1, 0.15) is 40.5 Å². The number of carbonyl (C=O) groups is 2. The zero-order valence-electron chi connectivity index (χ0n) is 12.3. The smallest absolute Gasteiger partial charge is 0.313 e. The fraction of sp³-hybridized carbons (Fsp3) is 0.857. The Hall–Kier alpha value is -1.10. The van der Waals surface area contributed by atoms with Gasteiger partial charge < -0.3 is 14.8 Å². The van der Waals surface area contributed by atoms with Crippen molar-refractivity contribution in [1.82, 2.24) is 5.32 Å². The number of hydrogen-bond donors (Lipinski definition) is 1. The van der Waals surface area contributed by atoms with Gasteiger partial charge >= 0.3 is 5.97 Å². The van der Waals surface area contributed by atoms with E-state index in [1.807, 2.05) is 27.7 Å². The second-order valence-corrected chi connectivity index (χ2v) is 6.50. The highest BCUT2D eigenvalue weighted by molar-refractivity contribution is 5.96. The first-order valence-corrected chi connectivity index (χ1v) is 6.74. The van der Waals surface area contributed by atoms with Gasteiger partial charge in [0.15, 0.2) is 5.60 Å². The number of hydrogen-bond acceptors (Lipinski definition) is 4. The molecule has 0 aromatic rings. The van der Waals surface area contributed by atoms with Crippen LogP contribution < -0.4 is 5.32 Å². The molecule has 108 valence electrons. The molecule has 0 unspecified atom stereocenters. The van der Waals surface area contributed by atoms with E-state index >= 15 is 0 Å². The van der Waals surface area contributed by atoms with Gasteiger partial charge in [-0.25, -0.2) is 0 Å². The second-order valence-electron chi connectivity index (χ2n) is 6.50. The van der Waals surface area contributed by atoms with E-state index in [-0.39, 0.29) is 17.9 Å². The molecule has 0 spiro atoms. The molecule has 1 amide bonds. The summed E-state index contributed by atoms with van der Waals surface area (Å²) in [5, 5.41) is 2.89. The van der Waals surface area contributed by atoms with Crippen LogP contribution in [0, 0.1) is 10.8 Å². The Morgan fingerprint density at radius 1 is 1.42 bits per heavy atom. The maximum absolute atomic E-state index is 12.6. The molecular formula is C14H23NO4. The molecule has 1 saturated heterocycles. The van der Waals surface area contributed by atoms with E-state index in [1.54, 1.807) is 7.11 Å². The predicted molar refractivity (Wildman–Crippen MR) is 69.4 cm³/mol. The van der Waals surface area contributed by atoms with Gasteiger partial charge in [-0.3, -0.25) is 9.59 Å². The van der Waals surface area contributed by atoms with Crippen LogP contribution in [0.5, 0.6) is 0 Å². The van der Waals surface area contributed by atoms with Gasteiger partial charge in [-0.1, -0.05) is 13.8 Å². The second kappa shape index (κ2) is 4.20. The van der Waals surface area contributed by atoms with Crippen molar-refractivity contribution in [2.24, 2.45) is 10.8 Å². The molecule has 0 aromatic carbocycles. The first kappa shape index (κ1) is 14.3. The summed E-state index contributed by atoms with van der Waals surface area (Å²) in [6, 6.07) is -0.103. The number of carbonyl (C=O) groups excluding carboxylic acids is 2. The number of esters is 1. The van der Waals surface area contributed by atoms with Crippen molar-refractivity contribution < 1.29 is 19.1 Å². The Kier molecular flexibility index (Phi) is 3.16. The summed E-state index contributed by atoms with van der Waals surface area (Å²) in [5.74, 6) is -0.449. The topological polar surface area (TPSA) is 64.6 Å². The standard InChI is InChI=1S/C14H23NO4/c1-9(8-18-5)15-10(16)14-7-6-13(4,11(17)19-14)12(14,2)3/h9H,6-8H2,1-5H3,(H,15,16)/t9-,13+,14+/m0/s1. The average molecular weight is 269 g/mol. The van der Waals surface area contributed by atoms with Gasteiger partial charge in [-0.05, 0) is 26.7 Å². The van der Waals surface area contributed by atoms with Crippen LogP contribution >= 0.6 is 0 Å². The van der Waals surface area contributed by atoms with E-state index in [1.165, 1.54) is 0 Å². The lowest BCUT2D eigenvalue weighted by atomic mass is 9.66. The molecule has 5 heteroatoms. The Morgan fingerprint density at radius 2 is 2.05 bits per heavy atom. The molecule has 1 N–H and O–H groups in total. The molecule has 1 aliphatic heterocycles. The minimum atomic E-state index is -1.03.